The van der Waals surface area contributed by atoms with Crippen molar-refractivity contribution in [3.63, 3.8) is 0 Å². The van der Waals surface area contributed by atoms with Gasteiger partial charge in [-0.15, -0.1) is 0 Å². The molecule has 6 nitrogen and oxygen atoms in total. The summed E-state index contributed by atoms with van der Waals surface area (Å²) in [7, 11) is 1.60. The van der Waals surface area contributed by atoms with Crippen LogP contribution >= 0.6 is 11.6 Å². The zero-order valence-electron chi connectivity index (χ0n) is 12.2. The molecule has 1 aliphatic heterocycles. The van der Waals surface area contributed by atoms with Crippen LogP contribution in [0.5, 0.6) is 5.75 Å². The molecule has 0 atom stereocenters. The van der Waals surface area contributed by atoms with Crippen molar-refractivity contribution in [3.8, 4) is 11.4 Å². The summed E-state index contributed by atoms with van der Waals surface area (Å²) in [5, 5.41) is 0.275. The van der Waals surface area contributed by atoms with Gasteiger partial charge in [-0.25, -0.2) is 4.98 Å². The van der Waals surface area contributed by atoms with Crippen LogP contribution in [-0.2, 0) is 4.74 Å². The lowest BCUT2D eigenvalue weighted by Gasteiger charge is -2.27. The minimum absolute atomic E-state index is 0.198. The average molecular weight is 322 g/mol. The molecule has 2 aromatic rings. The van der Waals surface area contributed by atoms with E-state index in [1.165, 1.54) is 10.8 Å². The monoisotopic (exact) mass is 321 g/mol. The summed E-state index contributed by atoms with van der Waals surface area (Å²) in [4.78, 5) is 18.8. The molecule has 2 heterocycles. The molecule has 1 aromatic heterocycles. The Morgan fingerprint density at radius 1 is 1.23 bits per heavy atom. The van der Waals surface area contributed by atoms with Gasteiger partial charge in [-0.1, -0.05) is 11.6 Å². The van der Waals surface area contributed by atoms with Crippen LogP contribution in [0.4, 0.5) is 5.82 Å². The number of halogens is 1. The third-order valence-corrected chi connectivity index (χ3v) is 3.70. The van der Waals surface area contributed by atoms with Crippen molar-refractivity contribution < 1.29 is 9.47 Å². The van der Waals surface area contributed by atoms with E-state index >= 15 is 0 Å². The van der Waals surface area contributed by atoms with Crippen molar-refractivity contribution >= 4 is 17.4 Å². The van der Waals surface area contributed by atoms with E-state index in [0.717, 1.165) is 5.75 Å². The van der Waals surface area contributed by atoms with Crippen molar-refractivity contribution in [2.45, 2.75) is 0 Å². The Hall–Kier alpha value is -2.05. The molecule has 1 aliphatic rings. The van der Waals surface area contributed by atoms with Crippen LogP contribution in [0.1, 0.15) is 0 Å². The van der Waals surface area contributed by atoms with Crippen LogP contribution < -0.4 is 15.2 Å². The summed E-state index contributed by atoms with van der Waals surface area (Å²) in [6, 6.07) is 7.20. The third-order valence-electron chi connectivity index (χ3n) is 3.52. The predicted molar refractivity (Wildman–Crippen MR) is 84.4 cm³/mol. The van der Waals surface area contributed by atoms with E-state index in [0.29, 0.717) is 37.8 Å². The zero-order valence-corrected chi connectivity index (χ0v) is 12.9. The molecule has 22 heavy (non-hydrogen) atoms. The lowest BCUT2D eigenvalue weighted by atomic mass is 10.3. The fourth-order valence-corrected chi connectivity index (χ4v) is 2.54. The van der Waals surface area contributed by atoms with Crippen molar-refractivity contribution in [1.29, 1.82) is 0 Å². The van der Waals surface area contributed by atoms with Gasteiger partial charge < -0.3 is 14.4 Å². The first-order valence-electron chi connectivity index (χ1n) is 6.95. The molecule has 7 heteroatoms. The Morgan fingerprint density at radius 3 is 2.55 bits per heavy atom. The van der Waals surface area contributed by atoms with Crippen molar-refractivity contribution in [2.24, 2.45) is 0 Å². The molecule has 0 spiro atoms. The second kappa shape index (κ2) is 6.37. The molecule has 1 aromatic carbocycles. The number of rotatable bonds is 3. The van der Waals surface area contributed by atoms with Crippen molar-refractivity contribution in [2.75, 3.05) is 38.3 Å². The molecular formula is C15H16ClN3O3. The molecule has 1 fully saturated rings. The largest absolute Gasteiger partial charge is 0.497 e. The van der Waals surface area contributed by atoms with E-state index in [1.807, 2.05) is 4.90 Å². The number of aromatic nitrogens is 2. The second-order valence-corrected chi connectivity index (χ2v) is 5.25. The fraction of sp³-hybridized carbons (Fsp3) is 0.333. The number of hydrogen-bond acceptors (Lipinski definition) is 5. The van der Waals surface area contributed by atoms with Gasteiger partial charge in [-0.3, -0.25) is 9.36 Å². The van der Waals surface area contributed by atoms with E-state index in [4.69, 9.17) is 21.1 Å². The predicted octanol–water partition coefficient (Wildman–Crippen LogP) is 1.73. The van der Waals surface area contributed by atoms with Gasteiger partial charge in [-0.2, -0.15) is 0 Å². The Bertz CT molecular complexity index is 709. The first-order chi connectivity index (χ1) is 10.7. The van der Waals surface area contributed by atoms with Gasteiger partial charge >= 0.3 is 0 Å². The number of nitrogens with zero attached hydrogens (tertiary/aromatic N) is 3. The highest BCUT2D eigenvalue weighted by Gasteiger charge is 2.18. The molecule has 1 saturated heterocycles. The van der Waals surface area contributed by atoms with E-state index in [2.05, 4.69) is 4.98 Å². The second-order valence-electron chi connectivity index (χ2n) is 4.86. The Morgan fingerprint density at radius 2 is 1.91 bits per heavy atom. The van der Waals surface area contributed by atoms with Gasteiger partial charge in [0.05, 0.1) is 26.5 Å². The molecule has 0 amide bonds. The van der Waals surface area contributed by atoms with Crippen LogP contribution in [0.3, 0.4) is 0 Å². The van der Waals surface area contributed by atoms with Crippen LogP contribution in [0.15, 0.2) is 35.3 Å². The van der Waals surface area contributed by atoms with Gasteiger partial charge in [0.2, 0.25) is 0 Å². The summed E-state index contributed by atoms with van der Waals surface area (Å²) < 4.78 is 11.9. The molecule has 0 N–H and O–H groups in total. The maximum atomic E-state index is 12.7. The van der Waals surface area contributed by atoms with Crippen LogP contribution in [0.2, 0.25) is 5.15 Å². The summed E-state index contributed by atoms with van der Waals surface area (Å²) in [6.45, 7) is 2.42. The molecular weight excluding hydrogens is 306 g/mol. The van der Waals surface area contributed by atoms with Gasteiger partial charge in [0.1, 0.15) is 10.9 Å². The Balaban J connectivity index is 2.03. The van der Waals surface area contributed by atoms with Crippen LogP contribution in [0.25, 0.3) is 5.69 Å². The van der Waals surface area contributed by atoms with E-state index in [9.17, 15) is 4.79 Å². The molecule has 116 valence electrons. The average Bonchev–Trinajstić information content (AvgIpc) is 2.57. The maximum Gasteiger partial charge on any atom is 0.298 e. The highest BCUT2D eigenvalue weighted by Crippen LogP contribution is 2.17. The summed E-state index contributed by atoms with van der Waals surface area (Å²) in [5.41, 5.74) is 0.515. The highest BCUT2D eigenvalue weighted by atomic mass is 35.5. The number of anilines is 1. The van der Waals surface area contributed by atoms with Crippen molar-refractivity contribution in [3.05, 3.63) is 46.0 Å². The molecule has 3 rings (SSSR count). The molecule has 0 radical (unpaired) electrons. The molecule has 0 unspecified atom stereocenters. The highest BCUT2D eigenvalue weighted by molar-refractivity contribution is 6.29. The lowest BCUT2D eigenvalue weighted by molar-refractivity contribution is 0.122. The van der Waals surface area contributed by atoms with E-state index in [1.54, 1.807) is 31.4 Å². The SMILES string of the molecule is COc1ccc(-n2cc(Cl)nc(N3CCOCC3)c2=O)cc1. The Kier molecular flexibility index (Phi) is 4.31. The molecule has 0 aliphatic carbocycles. The third kappa shape index (κ3) is 2.93. The molecule has 0 bridgehead atoms. The zero-order chi connectivity index (χ0) is 15.5. The smallest absolute Gasteiger partial charge is 0.298 e. The quantitative estimate of drug-likeness (QED) is 0.861. The standard InChI is InChI=1S/C15H16ClN3O3/c1-21-12-4-2-11(3-5-12)19-10-13(16)17-14(15(19)20)18-6-8-22-9-7-18/h2-5,10H,6-9H2,1H3. The normalized spacial score (nSPS) is 14.9. The topological polar surface area (TPSA) is 56.6 Å². The Labute approximate surface area is 132 Å². The summed E-state index contributed by atoms with van der Waals surface area (Å²) in [6.07, 6.45) is 1.52. The molecule has 0 saturated carbocycles. The lowest BCUT2D eigenvalue weighted by Crippen LogP contribution is -2.41. The van der Waals surface area contributed by atoms with Gasteiger partial charge in [0.15, 0.2) is 5.82 Å². The van der Waals surface area contributed by atoms with Gasteiger partial charge in [-0.05, 0) is 24.3 Å². The number of hydrogen-bond donors (Lipinski definition) is 0. The van der Waals surface area contributed by atoms with Gasteiger partial charge in [0.25, 0.3) is 5.56 Å². The van der Waals surface area contributed by atoms with Crippen LogP contribution in [0, 0.1) is 0 Å². The summed E-state index contributed by atoms with van der Waals surface area (Å²) in [5.74, 6) is 1.08. The number of methoxy groups -OCH3 is 1. The number of morpholine rings is 1. The number of benzene rings is 1. The number of ether oxygens (including phenoxy) is 2. The van der Waals surface area contributed by atoms with E-state index in [-0.39, 0.29) is 10.7 Å². The fourth-order valence-electron chi connectivity index (χ4n) is 2.37. The minimum Gasteiger partial charge on any atom is -0.497 e. The van der Waals surface area contributed by atoms with Crippen LogP contribution in [-0.4, -0.2) is 43.0 Å². The van der Waals surface area contributed by atoms with Crippen molar-refractivity contribution in [1.82, 2.24) is 9.55 Å². The first kappa shape index (κ1) is 14.9. The van der Waals surface area contributed by atoms with Gasteiger partial charge in [0, 0.05) is 18.8 Å². The maximum absolute atomic E-state index is 12.7. The van der Waals surface area contributed by atoms with E-state index < -0.39 is 0 Å². The first-order valence-corrected chi connectivity index (χ1v) is 7.33. The summed E-state index contributed by atoms with van der Waals surface area (Å²) >= 11 is 6.10. The minimum atomic E-state index is -0.198.